The molecular weight excluding hydrogens is 290 g/mol. The lowest BCUT2D eigenvalue weighted by Crippen LogP contribution is -2.64. The summed E-state index contributed by atoms with van der Waals surface area (Å²) in [5.74, 6) is -0.906. The van der Waals surface area contributed by atoms with Crippen molar-refractivity contribution in [3.63, 3.8) is 0 Å². The Morgan fingerprint density at radius 2 is 1.95 bits per heavy atom. The number of hydrogen-bond donors (Lipinski definition) is 1. The first-order valence-electron chi connectivity index (χ1n) is 7.10. The zero-order chi connectivity index (χ0) is 15.6. The number of aromatic nitrogens is 1. The van der Waals surface area contributed by atoms with E-state index in [0.717, 1.165) is 0 Å². The van der Waals surface area contributed by atoms with E-state index in [9.17, 15) is 14.4 Å². The first-order chi connectivity index (χ1) is 10.0. The molecule has 1 fully saturated rings. The number of carbonyl (C=O) groups excluding carboxylic acids is 3. The Bertz CT molecular complexity index is 552. The Hall–Kier alpha value is -1.76. The molecule has 0 radical (unpaired) electrons. The third-order valence-corrected chi connectivity index (χ3v) is 5.02. The van der Waals surface area contributed by atoms with Crippen LogP contribution in [-0.4, -0.2) is 27.7 Å². The first kappa shape index (κ1) is 15.6. The monoisotopic (exact) mass is 309 g/mol. The smallest absolute Gasteiger partial charge is 0.277 e. The number of rotatable bonds is 5. The van der Waals surface area contributed by atoms with E-state index in [1.807, 2.05) is 12.3 Å². The normalized spacial score (nSPS) is 19.6. The average Bonchev–Trinajstić information content (AvgIpc) is 2.98. The Kier molecular flexibility index (Phi) is 4.41. The summed E-state index contributed by atoms with van der Waals surface area (Å²) in [4.78, 5) is 42.6. The van der Waals surface area contributed by atoms with Crippen molar-refractivity contribution in [2.45, 2.75) is 46.1 Å². The zero-order valence-corrected chi connectivity index (χ0v) is 13.2. The highest BCUT2D eigenvalue weighted by Gasteiger charge is 2.53. The van der Waals surface area contributed by atoms with Gasteiger partial charge in [-0.25, -0.2) is 9.78 Å². The number of carbonyl (C=O) groups is 3. The Labute approximate surface area is 127 Å². The minimum Gasteiger partial charge on any atom is -0.277 e. The number of barbiturate groups is 1. The van der Waals surface area contributed by atoms with Crippen LogP contribution in [0.2, 0.25) is 0 Å². The fourth-order valence-electron chi connectivity index (χ4n) is 2.72. The lowest BCUT2D eigenvalue weighted by molar-refractivity contribution is -0.153. The predicted octanol–water partition coefficient (Wildman–Crippen LogP) is 2.48. The predicted molar refractivity (Wildman–Crippen MR) is 78.5 cm³/mol. The maximum absolute atomic E-state index is 12.8. The van der Waals surface area contributed by atoms with Crippen molar-refractivity contribution in [2.75, 3.05) is 0 Å². The summed E-state index contributed by atoms with van der Waals surface area (Å²) in [6.45, 7) is 5.47. The SMILES string of the molecule is CCC(c1nccs1)N1C(=O)NC(=O)C(CC)(CC)C1=O. The fraction of sp³-hybridized carbons (Fsp3) is 0.571. The minimum atomic E-state index is -1.15. The highest BCUT2D eigenvalue weighted by molar-refractivity contribution is 7.09. The number of nitrogens with one attached hydrogen (secondary N) is 1. The summed E-state index contributed by atoms with van der Waals surface area (Å²) in [6, 6.07) is -1.08. The minimum absolute atomic E-state index is 0.367. The maximum atomic E-state index is 12.8. The summed E-state index contributed by atoms with van der Waals surface area (Å²) < 4.78 is 0. The van der Waals surface area contributed by atoms with Crippen molar-refractivity contribution >= 4 is 29.2 Å². The highest BCUT2D eigenvalue weighted by Crippen LogP contribution is 2.37. The highest BCUT2D eigenvalue weighted by atomic mass is 32.1. The van der Waals surface area contributed by atoms with Crippen LogP contribution in [0.15, 0.2) is 11.6 Å². The van der Waals surface area contributed by atoms with Crippen LogP contribution in [-0.2, 0) is 9.59 Å². The summed E-state index contributed by atoms with van der Waals surface area (Å²) in [6.07, 6.45) is 2.94. The Balaban J connectivity index is 2.44. The van der Waals surface area contributed by atoms with Gasteiger partial charge in [-0.2, -0.15) is 0 Å². The Morgan fingerprint density at radius 1 is 1.29 bits per heavy atom. The quantitative estimate of drug-likeness (QED) is 0.847. The number of amides is 4. The van der Waals surface area contributed by atoms with E-state index in [4.69, 9.17) is 0 Å². The van der Waals surface area contributed by atoms with E-state index in [0.29, 0.717) is 24.3 Å². The maximum Gasteiger partial charge on any atom is 0.331 e. The molecule has 0 aromatic carbocycles. The molecular formula is C14H19N3O3S. The van der Waals surface area contributed by atoms with Gasteiger partial charge in [-0.15, -0.1) is 11.3 Å². The van der Waals surface area contributed by atoms with Gasteiger partial charge < -0.3 is 0 Å². The number of thiazole rings is 1. The van der Waals surface area contributed by atoms with Crippen LogP contribution in [0.3, 0.4) is 0 Å². The van der Waals surface area contributed by atoms with Crippen LogP contribution in [0.5, 0.6) is 0 Å². The number of hydrogen-bond acceptors (Lipinski definition) is 5. The molecule has 114 valence electrons. The zero-order valence-electron chi connectivity index (χ0n) is 12.4. The van der Waals surface area contributed by atoms with E-state index in [-0.39, 0.29) is 0 Å². The second-order valence-electron chi connectivity index (χ2n) is 5.02. The van der Waals surface area contributed by atoms with Gasteiger partial charge in [0.1, 0.15) is 10.4 Å². The van der Waals surface area contributed by atoms with Crippen LogP contribution in [0.1, 0.15) is 51.1 Å². The van der Waals surface area contributed by atoms with Gasteiger partial charge >= 0.3 is 6.03 Å². The van der Waals surface area contributed by atoms with Crippen molar-refractivity contribution in [1.29, 1.82) is 0 Å². The van der Waals surface area contributed by atoms with Crippen molar-refractivity contribution in [1.82, 2.24) is 15.2 Å². The molecule has 1 atom stereocenters. The average molecular weight is 309 g/mol. The molecule has 1 aromatic rings. The molecule has 0 bridgehead atoms. The number of urea groups is 1. The van der Waals surface area contributed by atoms with Crippen molar-refractivity contribution in [3.8, 4) is 0 Å². The van der Waals surface area contributed by atoms with E-state index in [1.54, 1.807) is 20.0 Å². The lowest BCUT2D eigenvalue weighted by atomic mass is 9.78. The summed E-state index contributed by atoms with van der Waals surface area (Å²) in [5, 5.41) is 4.85. The number of nitrogens with zero attached hydrogens (tertiary/aromatic N) is 2. The molecule has 21 heavy (non-hydrogen) atoms. The molecule has 1 unspecified atom stereocenters. The third kappa shape index (κ3) is 2.35. The molecule has 4 amide bonds. The number of imide groups is 2. The molecule has 1 aliphatic heterocycles. The molecule has 0 saturated carbocycles. The van der Waals surface area contributed by atoms with Gasteiger partial charge in [-0.3, -0.25) is 19.8 Å². The van der Waals surface area contributed by atoms with Crippen LogP contribution < -0.4 is 5.32 Å². The van der Waals surface area contributed by atoms with Crippen molar-refractivity contribution in [2.24, 2.45) is 5.41 Å². The van der Waals surface area contributed by atoms with Crippen LogP contribution in [0.4, 0.5) is 4.79 Å². The molecule has 2 heterocycles. The second kappa shape index (κ2) is 5.93. The first-order valence-corrected chi connectivity index (χ1v) is 7.98. The van der Waals surface area contributed by atoms with Gasteiger partial charge in [0.25, 0.3) is 0 Å². The van der Waals surface area contributed by atoms with Gasteiger partial charge in [-0.05, 0) is 19.3 Å². The van der Waals surface area contributed by atoms with Gasteiger partial charge in [0, 0.05) is 11.6 Å². The molecule has 7 heteroatoms. The molecule has 1 saturated heterocycles. The van der Waals surface area contributed by atoms with E-state index < -0.39 is 29.3 Å². The van der Waals surface area contributed by atoms with Crippen molar-refractivity contribution < 1.29 is 14.4 Å². The Morgan fingerprint density at radius 3 is 2.43 bits per heavy atom. The van der Waals surface area contributed by atoms with Crippen LogP contribution in [0.25, 0.3) is 0 Å². The summed E-state index contributed by atoms with van der Waals surface area (Å²) >= 11 is 1.40. The molecule has 0 spiro atoms. The third-order valence-electron chi connectivity index (χ3n) is 4.14. The van der Waals surface area contributed by atoms with E-state index >= 15 is 0 Å². The molecule has 6 nitrogen and oxygen atoms in total. The fourth-order valence-corrected chi connectivity index (χ4v) is 3.53. The lowest BCUT2D eigenvalue weighted by Gasteiger charge is -2.40. The second-order valence-corrected chi connectivity index (χ2v) is 5.94. The van der Waals surface area contributed by atoms with Crippen LogP contribution >= 0.6 is 11.3 Å². The topological polar surface area (TPSA) is 79.4 Å². The van der Waals surface area contributed by atoms with E-state index in [2.05, 4.69) is 10.3 Å². The van der Waals surface area contributed by atoms with Crippen molar-refractivity contribution in [3.05, 3.63) is 16.6 Å². The van der Waals surface area contributed by atoms with Crippen LogP contribution in [0, 0.1) is 5.41 Å². The molecule has 2 rings (SSSR count). The molecule has 1 N–H and O–H groups in total. The summed E-state index contributed by atoms with van der Waals surface area (Å²) in [7, 11) is 0. The standard InChI is InChI=1S/C14H19N3O3S/c1-4-9(10-15-7-8-21-10)17-12(19)14(5-2,6-3)11(18)16-13(17)20/h7-9H,4-6H2,1-3H3,(H,16,18,20). The molecule has 0 aliphatic carbocycles. The van der Waals surface area contributed by atoms with Gasteiger partial charge in [-0.1, -0.05) is 20.8 Å². The molecule has 1 aromatic heterocycles. The largest absolute Gasteiger partial charge is 0.331 e. The molecule has 1 aliphatic rings. The van der Waals surface area contributed by atoms with Gasteiger partial charge in [0.05, 0.1) is 6.04 Å². The summed E-state index contributed by atoms with van der Waals surface area (Å²) in [5.41, 5.74) is -1.15. The van der Waals surface area contributed by atoms with Gasteiger partial charge in [0.2, 0.25) is 11.8 Å². The van der Waals surface area contributed by atoms with E-state index in [1.165, 1.54) is 16.2 Å². The van der Waals surface area contributed by atoms with Gasteiger partial charge in [0.15, 0.2) is 0 Å².